The molecule has 0 saturated carbocycles. The second-order valence-corrected chi connectivity index (χ2v) is 2.12. The van der Waals surface area contributed by atoms with Gasteiger partial charge in [-0.2, -0.15) is 4.94 Å². The fourth-order valence-electron chi connectivity index (χ4n) is 0.731. The van der Waals surface area contributed by atoms with Crippen LogP contribution in [0, 0.1) is 0 Å². The van der Waals surface area contributed by atoms with Crippen LogP contribution < -0.4 is 10.4 Å². The Morgan fingerprint density at radius 2 is 1.82 bits per heavy atom. The van der Waals surface area contributed by atoms with Gasteiger partial charge >= 0.3 is 0 Å². The predicted octanol–water partition coefficient (Wildman–Crippen LogP) is 0.610. The molecule has 1 rings (SSSR count). The fraction of sp³-hybridized carbons (Fsp3) is 0.143. The lowest BCUT2D eigenvalue weighted by molar-refractivity contribution is 0.677. The van der Waals surface area contributed by atoms with E-state index >= 15 is 0 Å². The van der Waals surface area contributed by atoms with Crippen LogP contribution in [0.15, 0.2) is 30.3 Å². The van der Waals surface area contributed by atoms with E-state index in [2.05, 4.69) is 10.4 Å². The van der Waals surface area contributed by atoms with Gasteiger partial charge in [0.1, 0.15) is 0 Å². The minimum absolute atomic E-state index is 0. The van der Waals surface area contributed by atoms with Crippen LogP contribution in [0.2, 0.25) is 0 Å². The lowest BCUT2D eigenvalue weighted by Crippen LogP contribution is -2.21. The summed E-state index contributed by atoms with van der Waals surface area (Å²) in [7, 11) is 0. The quantitative estimate of drug-likeness (QED) is 0.521. The van der Waals surface area contributed by atoms with E-state index in [0.29, 0.717) is 0 Å². The van der Waals surface area contributed by atoms with Crippen molar-refractivity contribution in [2.24, 2.45) is 0 Å². The first kappa shape index (κ1) is 10.4. The number of nitrogens with one attached hydrogen (secondary N) is 2. The number of hydrazine groups is 1. The number of rotatable bonds is 3. The molecule has 0 fully saturated rings. The lowest BCUT2D eigenvalue weighted by Gasteiger charge is -1.99. The Kier molecular flexibility index (Phi) is 5.78. The van der Waals surface area contributed by atoms with Crippen molar-refractivity contribution in [3.8, 4) is 0 Å². The van der Waals surface area contributed by atoms with Crippen molar-refractivity contribution < 1.29 is 5.48 Å². The van der Waals surface area contributed by atoms with Gasteiger partial charge < -0.3 is 5.48 Å². The van der Waals surface area contributed by atoms with E-state index in [1.807, 2.05) is 30.3 Å². The van der Waals surface area contributed by atoms with Crippen LogP contribution in [-0.2, 0) is 6.54 Å². The van der Waals surface area contributed by atoms with E-state index in [1.165, 1.54) is 5.56 Å². The van der Waals surface area contributed by atoms with Crippen molar-refractivity contribution >= 4 is 11.8 Å². The molecule has 0 aromatic heterocycles. The molecule has 0 radical (unpaired) electrons. The van der Waals surface area contributed by atoms with Crippen molar-refractivity contribution in [3.05, 3.63) is 35.9 Å². The Hall–Kier alpha value is -0.610. The molecule has 0 heterocycles. The van der Waals surface area contributed by atoms with Crippen LogP contribution in [0.1, 0.15) is 5.56 Å². The standard InChI is InChI=1S/C7H9ClN2.H2O/c8-10-9-6-7-4-2-1-3-5-7;/h1-5,9-10H,6H2;1H2. The van der Waals surface area contributed by atoms with E-state index in [4.69, 9.17) is 11.8 Å². The smallest absolute Gasteiger partial charge is 0.0363 e. The highest BCUT2D eigenvalue weighted by atomic mass is 35.5. The molecule has 11 heavy (non-hydrogen) atoms. The maximum absolute atomic E-state index is 5.19. The highest BCUT2D eigenvalue weighted by Crippen LogP contribution is 1.95. The molecule has 0 amide bonds. The predicted molar refractivity (Wildman–Crippen MR) is 45.9 cm³/mol. The summed E-state index contributed by atoms with van der Waals surface area (Å²) >= 11 is 5.19. The van der Waals surface area contributed by atoms with Gasteiger partial charge in [0, 0.05) is 6.54 Å². The number of benzene rings is 1. The Labute approximate surface area is 70.8 Å². The summed E-state index contributed by atoms with van der Waals surface area (Å²) in [4.78, 5) is 2.34. The molecule has 0 aliphatic heterocycles. The minimum atomic E-state index is 0. The molecule has 0 saturated heterocycles. The number of halogens is 1. The highest BCUT2D eigenvalue weighted by molar-refractivity contribution is 6.13. The van der Waals surface area contributed by atoms with Crippen LogP contribution in [-0.4, -0.2) is 5.48 Å². The van der Waals surface area contributed by atoms with Gasteiger partial charge in [0.2, 0.25) is 0 Å². The maximum atomic E-state index is 5.19. The molecule has 0 aliphatic rings. The Morgan fingerprint density at radius 1 is 1.18 bits per heavy atom. The fourth-order valence-corrected chi connectivity index (χ4v) is 0.798. The third-order valence-electron chi connectivity index (χ3n) is 1.20. The molecule has 62 valence electrons. The summed E-state index contributed by atoms with van der Waals surface area (Å²) in [6.45, 7) is 0.740. The van der Waals surface area contributed by atoms with Crippen molar-refractivity contribution in [3.63, 3.8) is 0 Å². The van der Waals surface area contributed by atoms with Gasteiger partial charge in [0.25, 0.3) is 0 Å². The molecule has 0 bridgehead atoms. The molecule has 0 unspecified atom stereocenters. The summed E-state index contributed by atoms with van der Waals surface area (Å²) in [6.07, 6.45) is 0. The van der Waals surface area contributed by atoms with E-state index in [0.717, 1.165) is 6.54 Å². The van der Waals surface area contributed by atoms with Gasteiger partial charge in [-0.1, -0.05) is 30.3 Å². The molecule has 1 aromatic rings. The number of hydrogen-bond acceptors (Lipinski definition) is 2. The van der Waals surface area contributed by atoms with Crippen molar-refractivity contribution in [2.45, 2.75) is 6.54 Å². The second-order valence-electron chi connectivity index (χ2n) is 1.93. The summed E-state index contributed by atoms with van der Waals surface area (Å²) in [5, 5.41) is 0. The summed E-state index contributed by atoms with van der Waals surface area (Å²) < 4.78 is 0. The van der Waals surface area contributed by atoms with Crippen LogP contribution >= 0.6 is 11.8 Å². The summed E-state index contributed by atoms with van der Waals surface area (Å²) in [6, 6.07) is 10.0. The first-order valence-corrected chi connectivity index (χ1v) is 3.43. The van der Waals surface area contributed by atoms with Crippen molar-refractivity contribution in [1.82, 2.24) is 10.4 Å². The van der Waals surface area contributed by atoms with Gasteiger partial charge in [-0.05, 0) is 17.3 Å². The Morgan fingerprint density at radius 3 is 2.36 bits per heavy atom. The summed E-state index contributed by atoms with van der Waals surface area (Å²) in [5.41, 5.74) is 3.98. The van der Waals surface area contributed by atoms with E-state index in [9.17, 15) is 0 Å². The average Bonchev–Trinajstić information content (AvgIpc) is 2.03. The summed E-state index contributed by atoms with van der Waals surface area (Å²) in [5.74, 6) is 0. The van der Waals surface area contributed by atoms with E-state index in [1.54, 1.807) is 0 Å². The zero-order valence-corrected chi connectivity index (χ0v) is 6.73. The first-order chi connectivity index (χ1) is 4.93. The van der Waals surface area contributed by atoms with E-state index < -0.39 is 0 Å². The first-order valence-electron chi connectivity index (χ1n) is 3.06. The van der Waals surface area contributed by atoms with Gasteiger partial charge in [0.05, 0.1) is 0 Å². The van der Waals surface area contributed by atoms with Crippen molar-refractivity contribution in [1.29, 1.82) is 0 Å². The van der Waals surface area contributed by atoms with Gasteiger partial charge in [-0.25, -0.2) is 5.43 Å². The maximum Gasteiger partial charge on any atom is 0.0363 e. The number of hydrogen-bond donors (Lipinski definition) is 2. The molecular formula is C7H11ClN2O. The zero-order chi connectivity index (χ0) is 7.23. The third-order valence-corrected chi connectivity index (χ3v) is 1.34. The second kappa shape index (κ2) is 6.12. The van der Waals surface area contributed by atoms with E-state index in [-0.39, 0.29) is 5.48 Å². The van der Waals surface area contributed by atoms with Crippen LogP contribution in [0.5, 0.6) is 0 Å². The largest absolute Gasteiger partial charge is 0.412 e. The van der Waals surface area contributed by atoms with Crippen LogP contribution in [0.25, 0.3) is 0 Å². The van der Waals surface area contributed by atoms with Crippen LogP contribution in [0.4, 0.5) is 0 Å². The van der Waals surface area contributed by atoms with Crippen LogP contribution in [0.3, 0.4) is 0 Å². The van der Waals surface area contributed by atoms with Crippen molar-refractivity contribution in [2.75, 3.05) is 0 Å². The van der Waals surface area contributed by atoms with Gasteiger partial charge in [-0.15, -0.1) is 0 Å². The molecule has 4 N–H and O–H groups in total. The molecule has 0 spiro atoms. The minimum Gasteiger partial charge on any atom is -0.412 e. The molecule has 0 aliphatic carbocycles. The monoisotopic (exact) mass is 174 g/mol. The lowest BCUT2D eigenvalue weighted by atomic mass is 10.2. The zero-order valence-electron chi connectivity index (χ0n) is 5.97. The molecule has 0 atom stereocenters. The Balaban J connectivity index is 0.000001000. The highest BCUT2D eigenvalue weighted by Gasteiger charge is 1.86. The SMILES string of the molecule is ClNNCc1ccccc1.O. The molecule has 1 aromatic carbocycles. The van der Waals surface area contributed by atoms with Gasteiger partial charge in [0.15, 0.2) is 0 Å². The molecule has 4 heteroatoms. The average molecular weight is 175 g/mol. The molecule has 3 nitrogen and oxygen atoms in total. The molecular weight excluding hydrogens is 164 g/mol. The van der Waals surface area contributed by atoms with Gasteiger partial charge in [-0.3, -0.25) is 0 Å². The third kappa shape index (κ3) is 3.95. The Bertz CT molecular complexity index is 181. The normalized spacial score (nSPS) is 8.82. The topological polar surface area (TPSA) is 55.6 Å².